The fourth-order valence-corrected chi connectivity index (χ4v) is 2.07. The lowest BCUT2D eigenvalue weighted by Crippen LogP contribution is -2.20. The Kier molecular flexibility index (Phi) is 5.64. The maximum Gasteiger partial charge on any atom is 0.0471 e. The lowest BCUT2D eigenvalue weighted by atomic mass is 10.1. The van der Waals surface area contributed by atoms with Gasteiger partial charge in [0.05, 0.1) is 0 Å². The van der Waals surface area contributed by atoms with Crippen molar-refractivity contribution in [1.82, 2.24) is 0 Å². The van der Waals surface area contributed by atoms with E-state index >= 15 is 0 Å². The van der Waals surface area contributed by atoms with Crippen molar-refractivity contribution < 1.29 is 0 Å². The van der Waals surface area contributed by atoms with Gasteiger partial charge < -0.3 is 10.6 Å². The molecule has 0 aliphatic rings. The summed E-state index contributed by atoms with van der Waals surface area (Å²) in [5.41, 5.74) is 7.94. The number of hydrogen-bond acceptors (Lipinski definition) is 2. The Labute approximate surface area is 103 Å². The second-order valence-electron chi connectivity index (χ2n) is 4.07. The van der Waals surface area contributed by atoms with Crippen molar-refractivity contribution >= 4 is 17.3 Å². The first-order chi connectivity index (χ1) is 7.70. The number of anilines is 1. The summed E-state index contributed by atoms with van der Waals surface area (Å²) < 4.78 is 0. The highest BCUT2D eigenvalue weighted by Crippen LogP contribution is 2.26. The lowest BCUT2D eigenvalue weighted by molar-refractivity contribution is 0.703. The van der Waals surface area contributed by atoms with Gasteiger partial charge in [0.15, 0.2) is 0 Å². The first-order valence-electron chi connectivity index (χ1n) is 5.89. The fourth-order valence-electron chi connectivity index (χ4n) is 1.83. The second kappa shape index (κ2) is 6.77. The molecular weight excluding hydrogens is 220 g/mol. The number of nitrogens with zero attached hydrogens (tertiary/aromatic N) is 1. The minimum atomic E-state index is 0.493. The summed E-state index contributed by atoms with van der Waals surface area (Å²) in [4.78, 5) is 2.24. The molecule has 0 aliphatic heterocycles. The summed E-state index contributed by atoms with van der Waals surface area (Å²) in [6.07, 6.45) is 3.72. The van der Waals surface area contributed by atoms with Crippen LogP contribution in [0.5, 0.6) is 0 Å². The molecule has 0 saturated carbocycles. The van der Waals surface area contributed by atoms with Crippen LogP contribution in [0.2, 0.25) is 5.02 Å². The van der Waals surface area contributed by atoms with E-state index in [1.165, 1.54) is 19.3 Å². The van der Waals surface area contributed by atoms with Crippen LogP contribution in [0.1, 0.15) is 31.7 Å². The van der Waals surface area contributed by atoms with Gasteiger partial charge in [-0.1, -0.05) is 37.4 Å². The molecule has 0 amide bonds. The van der Waals surface area contributed by atoms with Gasteiger partial charge in [-0.25, -0.2) is 0 Å². The van der Waals surface area contributed by atoms with Crippen LogP contribution in [0.3, 0.4) is 0 Å². The van der Waals surface area contributed by atoms with Crippen LogP contribution in [0, 0.1) is 0 Å². The van der Waals surface area contributed by atoms with Gasteiger partial charge in [-0.2, -0.15) is 0 Å². The van der Waals surface area contributed by atoms with Gasteiger partial charge in [0, 0.05) is 36.4 Å². The molecule has 0 atom stereocenters. The Morgan fingerprint density at radius 3 is 2.69 bits per heavy atom. The third-order valence-electron chi connectivity index (χ3n) is 2.81. The smallest absolute Gasteiger partial charge is 0.0471 e. The minimum Gasteiger partial charge on any atom is -0.374 e. The van der Waals surface area contributed by atoms with E-state index < -0.39 is 0 Å². The van der Waals surface area contributed by atoms with Crippen LogP contribution in [-0.4, -0.2) is 13.6 Å². The zero-order valence-electron chi connectivity index (χ0n) is 10.2. The SMILES string of the molecule is CCCCCN(C)c1cccc(Cl)c1CN. The Balaban J connectivity index is 2.74. The molecule has 90 valence electrons. The van der Waals surface area contributed by atoms with Crippen molar-refractivity contribution in [3.8, 4) is 0 Å². The number of halogens is 1. The van der Waals surface area contributed by atoms with Crippen molar-refractivity contribution in [2.24, 2.45) is 5.73 Å². The number of unbranched alkanes of at least 4 members (excludes halogenated alkanes) is 2. The largest absolute Gasteiger partial charge is 0.374 e. The van der Waals surface area contributed by atoms with Gasteiger partial charge in [0.2, 0.25) is 0 Å². The Morgan fingerprint density at radius 1 is 1.31 bits per heavy atom. The third-order valence-corrected chi connectivity index (χ3v) is 3.16. The highest BCUT2D eigenvalue weighted by atomic mass is 35.5. The molecule has 1 aromatic carbocycles. The molecule has 0 unspecified atom stereocenters. The number of hydrogen-bond donors (Lipinski definition) is 1. The van der Waals surface area contributed by atoms with Crippen molar-refractivity contribution in [3.63, 3.8) is 0 Å². The van der Waals surface area contributed by atoms with E-state index in [4.69, 9.17) is 17.3 Å². The van der Waals surface area contributed by atoms with Gasteiger partial charge in [0.1, 0.15) is 0 Å². The normalized spacial score (nSPS) is 10.5. The predicted octanol–water partition coefficient (Wildman–Crippen LogP) is 3.43. The van der Waals surface area contributed by atoms with E-state index in [1.54, 1.807) is 0 Å². The van der Waals surface area contributed by atoms with E-state index in [1.807, 2.05) is 12.1 Å². The monoisotopic (exact) mass is 240 g/mol. The van der Waals surface area contributed by atoms with Crippen LogP contribution in [0.25, 0.3) is 0 Å². The molecule has 16 heavy (non-hydrogen) atoms. The first kappa shape index (κ1) is 13.3. The molecule has 0 fully saturated rings. The number of benzene rings is 1. The maximum absolute atomic E-state index is 6.13. The highest BCUT2D eigenvalue weighted by Gasteiger charge is 2.08. The standard InChI is InChI=1S/C13H21ClN2/c1-3-4-5-9-16(2)13-8-6-7-12(14)11(13)10-15/h6-8H,3-5,9-10,15H2,1-2H3. The number of nitrogens with two attached hydrogens (primary N) is 1. The van der Waals surface area contributed by atoms with Crippen LogP contribution < -0.4 is 10.6 Å². The van der Waals surface area contributed by atoms with Gasteiger partial charge >= 0.3 is 0 Å². The average Bonchev–Trinajstić information content (AvgIpc) is 2.29. The summed E-state index contributed by atoms with van der Waals surface area (Å²) in [6, 6.07) is 5.96. The number of rotatable bonds is 6. The van der Waals surface area contributed by atoms with Crippen LogP contribution in [0.15, 0.2) is 18.2 Å². The van der Waals surface area contributed by atoms with Crippen LogP contribution in [-0.2, 0) is 6.54 Å². The van der Waals surface area contributed by atoms with E-state index in [-0.39, 0.29) is 0 Å². The van der Waals surface area contributed by atoms with Crippen molar-refractivity contribution in [2.45, 2.75) is 32.7 Å². The molecule has 0 heterocycles. The van der Waals surface area contributed by atoms with Crippen molar-refractivity contribution in [2.75, 3.05) is 18.5 Å². The molecule has 0 spiro atoms. The fraction of sp³-hybridized carbons (Fsp3) is 0.538. The quantitative estimate of drug-likeness (QED) is 0.772. The Hall–Kier alpha value is -0.730. The molecule has 0 bridgehead atoms. The molecular formula is C13H21ClN2. The molecule has 2 N–H and O–H groups in total. The van der Waals surface area contributed by atoms with Crippen molar-refractivity contribution in [1.29, 1.82) is 0 Å². The van der Waals surface area contributed by atoms with E-state index in [9.17, 15) is 0 Å². The second-order valence-corrected chi connectivity index (χ2v) is 4.48. The average molecular weight is 241 g/mol. The molecule has 1 rings (SSSR count). The van der Waals surface area contributed by atoms with Gasteiger partial charge in [-0.3, -0.25) is 0 Å². The van der Waals surface area contributed by atoms with Crippen molar-refractivity contribution in [3.05, 3.63) is 28.8 Å². The highest BCUT2D eigenvalue weighted by molar-refractivity contribution is 6.31. The van der Waals surface area contributed by atoms with Crippen LogP contribution in [0.4, 0.5) is 5.69 Å². The van der Waals surface area contributed by atoms with Gasteiger partial charge in [-0.05, 0) is 18.6 Å². The first-order valence-corrected chi connectivity index (χ1v) is 6.27. The predicted molar refractivity (Wildman–Crippen MR) is 72.1 cm³/mol. The summed E-state index contributed by atoms with van der Waals surface area (Å²) in [6.45, 7) is 3.76. The Bertz CT molecular complexity index is 326. The van der Waals surface area contributed by atoms with Gasteiger partial charge in [-0.15, -0.1) is 0 Å². The summed E-state index contributed by atoms with van der Waals surface area (Å²) >= 11 is 6.13. The zero-order valence-corrected chi connectivity index (χ0v) is 10.9. The molecule has 0 aliphatic carbocycles. The summed E-state index contributed by atoms with van der Waals surface area (Å²) in [5.74, 6) is 0. The topological polar surface area (TPSA) is 29.3 Å². The third kappa shape index (κ3) is 3.39. The lowest BCUT2D eigenvalue weighted by Gasteiger charge is -2.22. The Morgan fingerprint density at radius 2 is 2.06 bits per heavy atom. The molecule has 0 aromatic heterocycles. The molecule has 1 aromatic rings. The molecule has 3 heteroatoms. The van der Waals surface area contributed by atoms with E-state index in [0.29, 0.717) is 6.54 Å². The molecule has 0 radical (unpaired) electrons. The summed E-state index contributed by atoms with van der Waals surface area (Å²) in [7, 11) is 2.10. The van der Waals surface area contributed by atoms with Crippen LogP contribution >= 0.6 is 11.6 Å². The zero-order chi connectivity index (χ0) is 12.0. The maximum atomic E-state index is 6.13. The molecule has 2 nitrogen and oxygen atoms in total. The van der Waals surface area contributed by atoms with E-state index in [2.05, 4.69) is 24.9 Å². The van der Waals surface area contributed by atoms with Gasteiger partial charge in [0.25, 0.3) is 0 Å². The van der Waals surface area contributed by atoms with E-state index in [0.717, 1.165) is 22.8 Å². The molecule has 0 saturated heterocycles. The summed E-state index contributed by atoms with van der Waals surface area (Å²) in [5, 5.41) is 0.766. The minimum absolute atomic E-state index is 0.493.